The van der Waals surface area contributed by atoms with Crippen molar-refractivity contribution in [3.05, 3.63) is 66.5 Å². The summed E-state index contributed by atoms with van der Waals surface area (Å²) in [5.74, 6) is 1.75. The standard InChI is InChI=1S/C21H20FN5O/c22-17-6-8-18(9-7-17)23-19-14-20(27-12-10-26(15-28)11-13-27)25-21(24-19)16-4-2-1-3-5-16/h1-9,14-15H,10-13H2,(H,23,24,25). The summed E-state index contributed by atoms with van der Waals surface area (Å²) in [5, 5.41) is 3.23. The number of carbonyl (C=O) groups excluding carboxylic acids is 1. The van der Waals surface area contributed by atoms with Gasteiger partial charge in [-0.25, -0.2) is 14.4 Å². The third-order valence-corrected chi connectivity index (χ3v) is 4.65. The second kappa shape index (κ2) is 8.04. The molecule has 0 aliphatic carbocycles. The molecule has 0 radical (unpaired) electrons. The first-order valence-electron chi connectivity index (χ1n) is 9.13. The maximum absolute atomic E-state index is 13.2. The number of benzene rings is 2. The van der Waals surface area contributed by atoms with Crippen molar-refractivity contribution in [3.8, 4) is 11.4 Å². The van der Waals surface area contributed by atoms with Crippen LogP contribution >= 0.6 is 0 Å². The van der Waals surface area contributed by atoms with Gasteiger partial charge in [-0.3, -0.25) is 4.79 Å². The van der Waals surface area contributed by atoms with Crippen LogP contribution in [0.5, 0.6) is 0 Å². The molecule has 1 amide bonds. The predicted molar refractivity (Wildman–Crippen MR) is 107 cm³/mol. The molecule has 1 aliphatic rings. The molecule has 7 heteroatoms. The van der Waals surface area contributed by atoms with Gasteiger partial charge < -0.3 is 15.1 Å². The maximum Gasteiger partial charge on any atom is 0.209 e. The summed E-state index contributed by atoms with van der Waals surface area (Å²) in [4.78, 5) is 24.2. The first-order valence-corrected chi connectivity index (χ1v) is 9.13. The quantitative estimate of drug-likeness (QED) is 0.692. The van der Waals surface area contributed by atoms with E-state index in [4.69, 9.17) is 4.98 Å². The molecule has 0 atom stereocenters. The Morgan fingerprint density at radius 2 is 1.64 bits per heavy atom. The smallest absolute Gasteiger partial charge is 0.209 e. The Labute approximate surface area is 162 Å². The zero-order valence-corrected chi connectivity index (χ0v) is 15.3. The number of amides is 1. The minimum absolute atomic E-state index is 0.285. The SMILES string of the molecule is O=CN1CCN(c2cc(Nc3ccc(F)cc3)nc(-c3ccccc3)n2)CC1. The molecule has 3 aromatic rings. The number of carbonyl (C=O) groups is 1. The van der Waals surface area contributed by atoms with Crippen LogP contribution in [0.2, 0.25) is 0 Å². The highest BCUT2D eigenvalue weighted by molar-refractivity contribution is 5.65. The maximum atomic E-state index is 13.2. The van der Waals surface area contributed by atoms with Crippen molar-refractivity contribution >= 4 is 23.7 Å². The number of piperazine rings is 1. The number of aromatic nitrogens is 2. The molecule has 4 rings (SSSR count). The van der Waals surface area contributed by atoms with E-state index in [2.05, 4.69) is 15.2 Å². The molecule has 1 N–H and O–H groups in total. The third-order valence-electron chi connectivity index (χ3n) is 4.65. The van der Waals surface area contributed by atoms with E-state index in [1.165, 1.54) is 12.1 Å². The van der Waals surface area contributed by atoms with Gasteiger partial charge in [0.1, 0.15) is 17.5 Å². The van der Waals surface area contributed by atoms with Gasteiger partial charge in [-0.05, 0) is 24.3 Å². The molecule has 0 saturated carbocycles. The van der Waals surface area contributed by atoms with Crippen molar-refractivity contribution < 1.29 is 9.18 Å². The Bertz CT molecular complexity index is 941. The molecule has 1 fully saturated rings. The summed E-state index contributed by atoms with van der Waals surface area (Å²) < 4.78 is 13.2. The number of hydrogen-bond acceptors (Lipinski definition) is 5. The summed E-state index contributed by atoms with van der Waals surface area (Å²) >= 11 is 0. The normalized spacial score (nSPS) is 14.0. The zero-order chi connectivity index (χ0) is 19.3. The molecule has 1 aliphatic heterocycles. The van der Waals surface area contributed by atoms with Crippen molar-refractivity contribution in [1.29, 1.82) is 0 Å². The number of nitrogens with one attached hydrogen (secondary N) is 1. The first kappa shape index (κ1) is 17.9. The summed E-state index contributed by atoms with van der Waals surface area (Å²) in [5.41, 5.74) is 1.66. The average Bonchev–Trinajstić information content (AvgIpc) is 2.76. The predicted octanol–water partition coefficient (Wildman–Crippen LogP) is 3.30. The van der Waals surface area contributed by atoms with E-state index in [1.54, 1.807) is 17.0 Å². The fraction of sp³-hybridized carbons (Fsp3) is 0.190. The van der Waals surface area contributed by atoms with Crippen molar-refractivity contribution in [2.24, 2.45) is 0 Å². The minimum atomic E-state index is -0.285. The third kappa shape index (κ3) is 4.09. The highest BCUT2D eigenvalue weighted by Crippen LogP contribution is 2.25. The monoisotopic (exact) mass is 377 g/mol. The van der Waals surface area contributed by atoms with E-state index in [9.17, 15) is 9.18 Å². The Balaban J connectivity index is 1.67. The average molecular weight is 377 g/mol. The van der Waals surface area contributed by atoms with Crippen molar-refractivity contribution in [1.82, 2.24) is 14.9 Å². The minimum Gasteiger partial charge on any atom is -0.353 e. The molecule has 2 heterocycles. The summed E-state index contributed by atoms with van der Waals surface area (Å²) in [7, 11) is 0. The van der Waals surface area contributed by atoms with Crippen LogP contribution < -0.4 is 10.2 Å². The van der Waals surface area contributed by atoms with E-state index in [1.807, 2.05) is 36.4 Å². The van der Waals surface area contributed by atoms with Crippen LogP contribution in [-0.2, 0) is 4.79 Å². The van der Waals surface area contributed by atoms with Crippen LogP contribution in [-0.4, -0.2) is 47.5 Å². The van der Waals surface area contributed by atoms with Gasteiger partial charge in [0, 0.05) is 43.5 Å². The van der Waals surface area contributed by atoms with E-state index in [-0.39, 0.29) is 5.82 Å². The van der Waals surface area contributed by atoms with Crippen LogP contribution in [0.4, 0.5) is 21.7 Å². The molecule has 142 valence electrons. The van der Waals surface area contributed by atoms with Gasteiger partial charge in [0.05, 0.1) is 0 Å². The van der Waals surface area contributed by atoms with Crippen molar-refractivity contribution in [2.75, 3.05) is 36.4 Å². The molecule has 0 unspecified atom stereocenters. The van der Waals surface area contributed by atoms with Gasteiger partial charge in [-0.1, -0.05) is 30.3 Å². The van der Waals surface area contributed by atoms with E-state index in [0.29, 0.717) is 37.8 Å². The number of nitrogens with zero attached hydrogens (tertiary/aromatic N) is 4. The van der Waals surface area contributed by atoms with E-state index in [0.717, 1.165) is 23.5 Å². The molecule has 28 heavy (non-hydrogen) atoms. The summed E-state index contributed by atoms with van der Waals surface area (Å²) in [6, 6.07) is 17.8. The van der Waals surface area contributed by atoms with E-state index >= 15 is 0 Å². The zero-order valence-electron chi connectivity index (χ0n) is 15.3. The highest BCUT2D eigenvalue weighted by Gasteiger charge is 2.18. The Morgan fingerprint density at radius 3 is 2.32 bits per heavy atom. The lowest BCUT2D eigenvalue weighted by molar-refractivity contribution is -0.118. The van der Waals surface area contributed by atoms with Crippen LogP contribution in [0.3, 0.4) is 0 Å². The molecular weight excluding hydrogens is 357 g/mol. The molecular formula is C21H20FN5O. The summed E-state index contributed by atoms with van der Waals surface area (Å²) in [6.07, 6.45) is 0.883. The fourth-order valence-electron chi connectivity index (χ4n) is 3.11. The highest BCUT2D eigenvalue weighted by atomic mass is 19.1. The van der Waals surface area contributed by atoms with Gasteiger partial charge in [-0.15, -0.1) is 0 Å². The fourth-order valence-corrected chi connectivity index (χ4v) is 3.11. The molecule has 0 bridgehead atoms. The second-order valence-electron chi connectivity index (χ2n) is 6.56. The van der Waals surface area contributed by atoms with Gasteiger partial charge in [-0.2, -0.15) is 0 Å². The summed E-state index contributed by atoms with van der Waals surface area (Å²) in [6.45, 7) is 2.74. The Kier molecular flexibility index (Phi) is 5.14. The first-order chi connectivity index (χ1) is 13.7. The lowest BCUT2D eigenvalue weighted by atomic mass is 10.2. The topological polar surface area (TPSA) is 61.4 Å². The number of rotatable bonds is 5. The molecule has 6 nitrogen and oxygen atoms in total. The van der Waals surface area contributed by atoms with Crippen molar-refractivity contribution in [3.63, 3.8) is 0 Å². The molecule has 0 spiro atoms. The van der Waals surface area contributed by atoms with Crippen LogP contribution in [0.25, 0.3) is 11.4 Å². The number of hydrogen-bond donors (Lipinski definition) is 1. The van der Waals surface area contributed by atoms with Gasteiger partial charge in [0.2, 0.25) is 6.41 Å². The van der Waals surface area contributed by atoms with Gasteiger partial charge in [0.25, 0.3) is 0 Å². The molecule has 2 aromatic carbocycles. The number of halogens is 1. The molecule has 1 aromatic heterocycles. The van der Waals surface area contributed by atoms with Gasteiger partial charge >= 0.3 is 0 Å². The van der Waals surface area contributed by atoms with Gasteiger partial charge in [0.15, 0.2) is 5.82 Å². The second-order valence-corrected chi connectivity index (χ2v) is 6.56. The Morgan fingerprint density at radius 1 is 0.929 bits per heavy atom. The Hall–Kier alpha value is -3.48. The lowest BCUT2D eigenvalue weighted by Crippen LogP contribution is -2.46. The van der Waals surface area contributed by atoms with Crippen LogP contribution in [0.15, 0.2) is 60.7 Å². The van der Waals surface area contributed by atoms with Crippen LogP contribution in [0, 0.1) is 5.82 Å². The van der Waals surface area contributed by atoms with E-state index < -0.39 is 0 Å². The lowest BCUT2D eigenvalue weighted by Gasteiger charge is -2.33. The largest absolute Gasteiger partial charge is 0.353 e. The number of anilines is 3. The van der Waals surface area contributed by atoms with Crippen molar-refractivity contribution in [2.45, 2.75) is 0 Å². The molecule has 1 saturated heterocycles. The van der Waals surface area contributed by atoms with Crippen LogP contribution in [0.1, 0.15) is 0 Å².